The van der Waals surface area contributed by atoms with E-state index in [0.29, 0.717) is 0 Å². The second kappa shape index (κ2) is 16.6. The van der Waals surface area contributed by atoms with Crippen LogP contribution in [0.3, 0.4) is 0 Å². The molecule has 1 heterocycles. The lowest BCUT2D eigenvalue weighted by molar-refractivity contribution is 0.456. The van der Waals surface area contributed by atoms with Crippen LogP contribution in [0.15, 0.2) is 17.1 Å². The fraction of sp³-hybridized carbons (Fsp3) is 0.864. The summed E-state index contributed by atoms with van der Waals surface area (Å²) in [6.07, 6.45) is 23.7. The van der Waals surface area contributed by atoms with E-state index in [2.05, 4.69) is 29.0 Å². The van der Waals surface area contributed by atoms with Crippen molar-refractivity contribution in [2.24, 2.45) is 10.7 Å². The molecule has 0 aromatic rings. The number of allylic oxidation sites excluding steroid dienone is 2. The van der Waals surface area contributed by atoms with Crippen molar-refractivity contribution in [2.75, 3.05) is 26.2 Å². The van der Waals surface area contributed by atoms with E-state index in [1.807, 2.05) is 0 Å². The van der Waals surface area contributed by atoms with Crippen LogP contribution in [0.25, 0.3) is 0 Å². The molecule has 0 aromatic carbocycles. The number of nitrogens with zero attached hydrogens (tertiary/aromatic N) is 2. The van der Waals surface area contributed by atoms with Gasteiger partial charge in [-0.2, -0.15) is 0 Å². The van der Waals surface area contributed by atoms with E-state index in [1.54, 1.807) is 0 Å². The Morgan fingerprint density at radius 1 is 0.880 bits per heavy atom. The van der Waals surface area contributed by atoms with Gasteiger partial charge < -0.3 is 10.6 Å². The van der Waals surface area contributed by atoms with E-state index in [9.17, 15) is 0 Å². The van der Waals surface area contributed by atoms with Crippen molar-refractivity contribution in [1.29, 1.82) is 0 Å². The van der Waals surface area contributed by atoms with Gasteiger partial charge in [0.05, 0.1) is 12.4 Å². The van der Waals surface area contributed by atoms with E-state index < -0.39 is 0 Å². The molecule has 0 atom stereocenters. The zero-order chi connectivity index (χ0) is 18.0. The highest BCUT2D eigenvalue weighted by atomic mass is 15.2. The Balaban J connectivity index is 1.82. The Morgan fingerprint density at radius 3 is 2.12 bits per heavy atom. The molecule has 0 bridgehead atoms. The smallest absolute Gasteiger partial charge is 0.0990 e. The number of hydrogen-bond donors (Lipinski definition) is 1. The quantitative estimate of drug-likeness (QED) is 0.270. The normalized spacial score (nSPS) is 14.6. The monoisotopic (exact) mass is 349 g/mol. The summed E-state index contributed by atoms with van der Waals surface area (Å²) >= 11 is 0. The van der Waals surface area contributed by atoms with Crippen molar-refractivity contribution < 1.29 is 0 Å². The van der Waals surface area contributed by atoms with E-state index in [0.717, 1.165) is 32.6 Å². The molecule has 3 nitrogen and oxygen atoms in total. The van der Waals surface area contributed by atoms with Crippen molar-refractivity contribution in [1.82, 2.24) is 4.90 Å². The topological polar surface area (TPSA) is 41.6 Å². The number of nitrogens with two attached hydrogens (primary N) is 1. The zero-order valence-electron chi connectivity index (χ0n) is 16.9. The fourth-order valence-corrected chi connectivity index (χ4v) is 3.52. The standard InChI is InChI=1S/C22H43N3/c1-2-3-4-5-6-7-8-9-10-11-12-13-14-15-16-17-22-24-19-21-25(22)20-18-23/h9-10H,2-8,11-21,23H2,1H3. The summed E-state index contributed by atoms with van der Waals surface area (Å²) in [5.41, 5.74) is 5.65. The Morgan fingerprint density at radius 2 is 1.48 bits per heavy atom. The number of aliphatic imine (C=N–C) groups is 1. The molecule has 146 valence electrons. The van der Waals surface area contributed by atoms with Crippen LogP contribution in [0.1, 0.15) is 96.8 Å². The summed E-state index contributed by atoms with van der Waals surface area (Å²) in [5, 5.41) is 0. The second-order valence-corrected chi connectivity index (χ2v) is 7.41. The molecular weight excluding hydrogens is 306 g/mol. The number of hydrogen-bond acceptors (Lipinski definition) is 3. The SMILES string of the molecule is CCCCCCCCC=CCCCCCCCC1=NCCN1CCN. The van der Waals surface area contributed by atoms with Gasteiger partial charge in [0, 0.05) is 26.1 Å². The largest absolute Gasteiger partial charge is 0.357 e. The maximum Gasteiger partial charge on any atom is 0.0990 e. The molecule has 0 saturated carbocycles. The van der Waals surface area contributed by atoms with Crippen LogP contribution in [0, 0.1) is 0 Å². The third kappa shape index (κ3) is 12.2. The molecule has 25 heavy (non-hydrogen) atoms. The molecule has 0 radical (unpaired) electrons. The van der Waals surface area contributed by atoms with Gasteiger partial charge in [0.2, 0.25) is 0 Å². The van der Waals surface area contributed by atoms with Crippen molar-refractivity contribution >= 4 is 5.84 Å². The van der Waals surface area contributed by atoms with Gasteiger partial charge in [0.1, 0.15) is 0 Å². The summed E-state index contributed by atoms with van der Waals surface area (Å²) in [4.78, 5) is 6.99. The molecule has 0 unspecified atom stereocenters. The first-order valence-electron chi connectivity index (χ1n) is 11.0. The maximum absolute atomic E-state index is 5.65. The van der Waals surface area contributed by atoms with Crippen molar-refractivity contribution in [2.45, 2.75) is 96.8 Å². The Hall–Kier alpha value is -0.830. The van der Waals surface area contributed by atoms with E-state index in [1.165, 1.54) is 89.3 Å². The van der Waals surface area contributed by atoms with Gasteiger partial charge in [-0.3, -0.25) is 4.99 Å². The molecule has 0 amide bonds. The highest BCUT2D eigenvalue weighted by Crippen LogP contribution is 2.12. The first-order valence-corrected chi connectivity index (χ1v) is 11.0. The molecule has 0 saturated heterocycles. The van der Waals surface area contributed by atoms with Crippen molar-refractivity contribution in [3.8, 4) is 0 Å². The van der Waals surface area contributed by atoms with Gasteiger partial charge in [0.25, 0.3) is 0 Å². The first-order chi connectivity index (χ1) is 12.4. The minimum absolute atomic E-state index is 0.741. The Labute approximate surface area is 157 Å². The third-order valence-corrected chi connectivity index (χ3v) is 5.09. The van der Waals surface area contributed by atoms with Gasteiger partial charge >= 0.3 is 0 Å². The number of amidine groups is 1. The average Bonchev–Trinajstić information content (AvgIpc) is 3.06. The van der Waals surface area contributed by atoms with Crippen LogP contribution < -0.4 is 5.73 Å². The van der Waals surface area contributed by atoms with Gasteiger partial charge in [-0.1, -0.05) is 70.4 Å². The summed E-state index contributed by atoms with van der Waals surface area (Å²) in [6, 6.07) is 0. The van der Waals surface area contributed by atoms with Crippen LogP contribution in [-0.2, 0) is 0 Å². The first kappa shape index (κ1) is 22.2. The van der Waals surface area contributed by atoms with Crippen molar-refractivity contribution in [3.05, 3.63) is 12.2 Å². The van der Waals surface area contributed by atoms with Crippen LogP contribution in [0.4, 0.5) is 0 Å². The molecule has 0 aliphatic carbocycles. The van der Waals surface area contributed by atoms with E-state index in [-0.39, 0.29) is 0 Å². The molecule has 0 aromatic heterocycles. The van der Waals surface area contributed by atoms with Crippen LogP contribution in [0.2, 0.25) is 0 Å². The zero-order valence-corrected chi connectivity index (χ0v) is 16.9. The average molecular weight is 350 g/mol. The van der Waals surface area contributed by atoms with Gasteiger partial charge in [-0.15, -0.1) is 0 Å². The lowest BCUT2D eigenvalue weighted by Crippen LogP contribution is -2.32. The fourth-order valence-electron chi connectivity index (χ4n) is 3.52. The number of rotatable bonds is 17. The molecule has 1 rings (SSSR count). The predicted molar refractivity (Wildman–Crippen MR) is 112 cm³/mol. The molecule has 2 N–H and O–H groups in total. The maximum atomic E-state index is 5.65. The summed E-state index contributed by atoms with van der Waals surface area (Å²) in [5.74, 6) is 1.31. The third-order valence-electron chi connectivity index (χ3n) is 5.09. The van der Waals surface area contributed by atoms with Gasteiger partial charge in [0.15, 0.2) is 0 Å². The highest BCUT2D eigenvalue weighted by molar-refractivity contribution is 5.83. The molecule has 0 spiro atoms. The lowest BCUT2D eigenvalue weighted by Gasteiger charge is -2.19. The van der Waals surface area contributed by atoms with Crippen LogP contribution in [-0.4, -0.2) is 36.9 Å². The summed E-state index contributed by atoms with van der Waals surface area (Å²) < 4.78 is 0. The Kier molecular flexibility index (Phi) is 14.8. The Bertz CT molecular complexity index is 349. The summed E-state index contributed by atoms with van der Waals surface area (Å²) in [7, 11) is 0. The minimum atomic E-state index is 0.741. The van der Waals surface area contributed by atoms with E-state index in [4.69, 9.17) is 5.73 Å². The second-order valence-electron chi connectivity index (χ2n) is 7.41. The van der Waals surface area contributed by atoms with E-state index >= 15 is 0 Å². The van der Waals surface area contributed by atoms with Crippen LogP contribution >= 0.6 is 0 Å². The molecule has 1 aliphatic rings. The molecule has 0 fully saturated rings. The number of unbranched alkanes of at least 4 members (excludes halogenated alkanes) is 11. The van der Waals surface area contributed by atoms with Gasteiger partial charge in [-0.05, 0) is 32.1 Å². The highest BCUT2D eigenvalue weighted by Gasteiger charge is 2.14. The summed E-state index contributed by atoms with van der Waals surface area (Å²) in [6.45, 7) is 6.05. The molecular formula is C22H43N3. The van der Waals surface area contributed by atoms with Gasteiger partial charge in [-0.25, -0.2) is 0 Å². The lowest BCUT2D eigenvalue weighted by atomic mass is 10.1. The van der Waals surface area contributed by atoms with Crippen molar-refractivity contribution in [3.63, 3.8) is 0 Å². The van der Waals surface area contributed by atoms with Crippen LogP contribution in [0.5, 0.6) is 0 Å². The molecule has 1 aliphatic heterocycles. The molecule has 3 heteroatoms. The predicted octanol–water partition coefficient (Wildman–Crippen LogP) is 5.70. The minimum Gasteiger partial charge on any atom is -0.357 e.